The van der Waals surface area contributed by atoms with E-state index in [1.807, 2.05) is 24.3 Å². The van der Waals surface area contributed by atoms with Crippen LogP contribution >= 0.6 is 0 Å². The first kappa shape index (κ1) is 9.72. The molecule has 1 unspecified atom stereocenters. The molecule has 1 fully saturated rings. The van der Waals surface area contributed by atoms with E-state index in [1.54, 1.807) is 6.33 Å². The lowest BCUT2D eigenvalue weighted by atomic mass is 9.96. The van der Waals surface area contributed by atoms with Gasteiger partial charge in [0.2, 0.25) is 0 Å². The molecule has 2 heterocycles. The van der Waals surface area contributed by atoms with E-state index in [0.29, 0.717) is 5.92 Å². The molecule has 5 nitrogen and oxygen atoms in total. The third-order valence-corrected chi connectivity index (χ3v) is 3.34. The molecule has 0 spiro atoms. The highest BCUT2D eigenvalue weighted by atomic mass is 15.3. The van der Waals surface area contributed by atoms with Gasteiger partial charge in [-0.2, -0.15) is 0 Å². The Hall–Kier alpha value is -1.49. The zero-order valence-corrected chi connectivity index (χ0v) is 9.51. The van der Waals surface area contributed by atoms with E-state index >= 15 is 0 Å². The van der Waals surface area contributed by atoms with Gasteiger partial charge in [0.05, 0.1) is 5.54 Å². The average molecular weight is 217 g/mol. The lowest BCUT2D eigenvalue weighted by molar-refractivity contribution is 0.396. The molecule has 0 aliphatic heterocycles. The summed E-state index contributed by atoms with van der Waals surface area (Å²) in [5.41, 5.74) is 7.71. The summed E-state index contributed by atoms with van der Waals surface area (Å²) < 4.78 is 1.89. The van der Waals surface area contributed by atoms with Crippen LogP contribution in [0.2, 0.25) is 0 Å². The summed E-state index contributed by atoms with van der Waals surface area (Å²) in [5, 5.41) is 8.37. The summed E-state index contributed by atoms with van der Waals surface area (Å²) in [4.78, 5) is 4.26. The minimum Gasteiger partial charge on any atom is -0.319 e. The van der Waals surface area contributed by atoms with Crippen molar-refractivity contribution < 1.29 is 0 Å². The van der Waals surface area contributed by atoms with Gasteiger partial charge in [0.1, 0.15) is 6.33 Å². The first-order valence-corrected chi connectivity index (χ1v) is 5.56. The second-order valence-electron chi connectivity index (χ2n) is 4.84. The second-order valence-corrected chi connectivity index (χ2v) is 4.84. The van der Waals surface area contributed by atoms with Crippen molar-refractivity contribution in [1.29, 1.82) is 0 Å². The quantitative estimate of drug-likeness (QED) is 0.815. The number of nitrogens with two attached hydrogens (primary N) is 1. The molecule has 3 rings (SSSR count). The Labute approximate surface area is 93.7 Å². The van der Waals surface area contributed by atoms with Crippen LogP contribution in [0.4, 0.5) is 0 Å². The van der Waals surface area contributed by atoms with Gasteiger partial charge in [-0.1, -0.05) is 0 Å². The highest BCUT2D eigenvalue weighted by molar-refractivity contribution is 5.39. The van der Waals surface area contributed by atoms with Gasteiger partial charge in [0.25, 0.3) is 0 Å². The summed E-state index contributed by atoms with van der Waals surface area (Å²) in [5.74, 6) is 1.35. The van der Waals surface area contributed by atoms with Crippen molar-refractivity contribution in [2.24, 2.45) is 11.7 Å². The second kappa shape index (κ2) is 3.01. The molecule has 2 N–H and O–H groups in total. The molecule has 0 saturated heterocycles. The fourth-order valence-corrected chi connectivity index (χ4v) is 2.12. The third-order valence-electron chi connectivity index (χ3n) is 3.34. The molecule has 84 valence electrons. The van der Waals surface area contributed by atoms with Crippen molar-refractivity contribution in [3.63, 3.8) is 0 Å². The number of aryl methyl sites for hydroxylation is 1. The van der Waals surface area contributed by atoms with E-state index in [4.69, 9.17) is 5.73 Å². The van der Waals surface area contributed by atoms with Crippen LogP contribution in [-0.4, -0.2) is 19.6 Å². The van der Waals surface area contributed by atoms with Gasteiger partial charge in [0, 0.05) is 11.8 Å². The number of rotatable bonds is 2. The first-order chi connectivity index (χ1) is 7.59. The molecule has 0 bridgehead atoms. The highest BCUT2D eigenvalue weighted by Gasteiger charge is 2.42. The molecule has 1 aliphatic carbocycles. The normalized spacial score (nSPS) is 19.9. The van der Waals surface area contributed by atoms with Crippen molar-refractivity contribution in [3.8, 4) is 0 Å². The standard InChI is InChI=1S/C11H15N5/c1-7-5-9-14-15-10(16(9)6-13-7)11(2,12)8-3-4-8/h5-6,8H,3-4,12H2,1-2H3. The number of hydrogen-bond acceptors (Lipinski definition) is 4. The van der Waals surface area contributed by atoms with Crippen LogP contribution in [0, 0.1) is 12.8 Å². The first-order valence-electron chi connectivity index (χ1n) is 5.56. The Kier molecular flexibility index (Phi) is 1.83. The zero-order valence-electron chi connectivity index (χ0n) is 9.51. The van der Waals surface area contributed by atoms with Crippen molar-refractivity contribution in [3.05, 3.63) is 23.9 Å². The minimum atomic E-state index is -0.393. The summed E-state index contributed by atoms with van der Waals surface area (Å²) in [7, 11) is 0. The Bertz CT molecular complexity index is 538. The van der Waals surface area contributed by atoms with Crippen molar-refractivity contribution in [1.82, 2.24) is 19.6 Å². The summed E-state index contributed by atoms with van der Waals surface area (Å²) in [6.45, 7) is 3.97. The SMILES string of the molecule is Cc1cc2nnc(C(C)(N)C3CC3)n2cn1. The van der Waals surface area contributed by atoms with Gasteiger partial charge < -0.3 is 5.73 Å². The van der Waals surface area contributed by atoms with Crippen LogP contribution in [0.15, 0.2) is 12.4 Å². The highest BCUT2D eigenvalue weighted by Crippen LogP contribution is 2.43. The van der Waals surface area contributed by atoms with Crippen LogP contribution in [0.1, 0.15) is 31.3 Å². The van der Waals surface area contributed by atoms with Crippen LogP contribution in [0.5, 0.6) is 0 Å². The van der Waals surface area contributed by atoms with Gasteiger partial charge in [-0.25, -0.2) is 4.98 Å². The van der Waals surface area contributed by atoms with E-state index in [-0.39, 0.29) is 0 Å². The molecule has 1 saturated carbocycles. The lowest BCUT2D eigenvalue weighted by Crippen LogP contribution is -2.37. The monoisotopic (exact) mass is 217 g/mol. The Morgan fingerprint density at radius 1 is 1.44 bits per heavy atom. The molecule has 5 heteroatoms. The summed E-state index contributed by atoms with van der Waals surface area (Å²) >= 11 is 0. The predicted molar refractivity (Wildman–Crippen MR) is 59.8 cm³/mol. The molecule has 0 radical (unpaired) electrons. The van der Waals surface area contributed by atoms with Gasteiger partial charge in [-0.15, -0.1) is 10.2 Å². The fourth-order valence-electron chi connectivity index (χ4n) is 2.12. The molecule has 16 heavy (non-hydrogen) atoms. The smallest absolute Gasteiger partial charge is 0.163 e. The molecular formula is C11H15N5. The maximum atomic E-state index is 6.34. The average Bonchev–Trinajstić information content (AvgIpc) is 2.99. The van der Waals surface area contributed by atoms with E-state index in [1.165, 1.54) is 12.8 Å². The summed E-state index contributed by atoms with van der Waals surface area (Å²) in [6.07, 6.45) is 4.12. The van der Waals surface area contributed by atoms with Crippen LogP contribution in [0.3, 0.4) is 0 Å². The van der Waals surface area contributed by atoms with Crippen molar-refractivity contribution >= 4 is 5.65 Å². The number of fused-ring (bicyclic) bond motifs is 1. The van der Waals surface area contributed by atoms with Gasteiger partial charge in [-0.3, -0.25) is 4.40 Å². The molecule has 0 amide bonds. The van der Waals surface area contributed by atoms with Crippen LogP contribution in [0.25, 0.3) is 5.65 Å². The zero-order chi connectivity index (χ0) is 11.3. The van der Waals surface area contributed by atoms with Crippen molar-refractivity contribution in [2.45, 2.75) is 32.2 Å². The molecular weight excluding hydrogens is 202 g/mol. The van der Waals surface area contributed by atoms with E-state index in [9.17, 15) is 0 Å². The minimum absolute atomic E-state index is 0.393. The Morgan fingerprint density at radius 2 is 2.19 bits per heavy atom. The Balaban J connectivity index is 2.17. The Morgan fingerprint density at radius 3 is 2.88 bits per heavy atom. The van der Waals surface area contributed by atoms with Gasteiger partial charge >= 0.3 is 0 Å². The molecule has 2 aromatic heterocycles. The number of nitrogens with zero attached hydrogens (tertiary/aromatic N) is 4. The molecule has 1 atom stereocenters. The molecule has 2 aromatic rings. The maximum absolute atomic E-state index is 6.34. The van der Waals surface area contributed by atoms with E-state index in [2.05, 4.69) is 15.2 Å². The molecule has 0 aromatic carbocycles. The summed E-state index contributed by atoms with van der Waals surface area (Å²) in [6, 6.07) is 1.92. The number of aromatic nitrogens is 4. The van der Waals surface area contributed by atoms with Crippen molar-refractivity contribution in [2.75, 3.05) is 0 Å². The largest absolute Gasteiger partial charge is 0.319 e. The predicted octanol–water partition coefficient (Wildman–Crippen LogP) is 1.02. The van der Waals surface area contributed by atoms with Crippen LogP contribution in [-0.2, 0) is 5.54 Å². The maximum Gasteiger partial charge on any atom is 0.163 e. The van der Waals surface area contributed by atoms with Gasteiger partial charge in [0.15, 0.2) is 11.5 Å². The van der Waals surface area contributed by atoms with E-state index < -0.39 is 5.54 Å². The lowest BCUT2D eigenvalue weighted by Gasteiger charge is -2.21. The van der Waals surface area contributed by atoms with Gasteiger partial charge in [-0.05, 0) is 32.6 Å². The fraction of sp³-hybridized carbons (Fsp3) is 0.545. The van der Waals surface area contributed by atoms with E-state index in [0.717, 1.165) is 17.2 Å². The molecule has 1 aliphatic rings. The topological polar surface area (TPSA) is 69.1 Å². The third kappa shape index (κ3) is 1.31. The van der Waals surface area contributed by atoms with Crippen LogP contribution < -0.4 is 5.73 Å². The number of hydrogen-bond donors (Lipinski definition) is 1.